The van der Waals surface area contributed by atoms with E-state index >= 15 is 0 Å². The summed E-state index contributed by atoms with van der Waals surface area (Å²) in [6.07, 6.45) is 0. The molecule has 0 unspecified atom stereocenters. The molecule has 0 aliphatic heterocycles. The van der Waals surface area contributed by atoms with Crippen LogP contribution in [-0.4, -0.2) is 4.98 Å². The summed E-state index contributed by atoms with van der Waals surface area (Å²) in [5.74, 6) is 1.02. The van der Waals surface area contributed by atoms with E-state index in [1.165, 1.54) is 5.39 Å². The maximum Gasteiger partial charge on any atom is 0.108 e. The highest BCUT2D eigenvalue weighted by atomic mass is 15.0. The number of rotatable bonds is 2. The summed E-state index contributed by atoms with van der Waals surface area (Å²) in [5, 5.41) is 4.56. The second-order valence-electron chi connectivity index (χ2n) is 3.76. The zero-order valence-corrected chi connectivity index (χ0v) is 8.77. The molecule has 3 aromatic rings. The van der Waals surface area contributed by atoms with Crippen LogP contribution in [0.15, 0.2) is 60.7 Å². The number of hydrogen-bond acceptors (Lipinski definition) is 1. The van der Waals surface area contributed by atoms with Gasteiger partial charge in [0, 0.05) is 16.6 Å². The van der Waals surface area contributed by atoms with Crippen LogP contribution in [0.4, 0.5) is 11.5 Å². The van der Waals surface area contributed by atoms with E-state index in [0.717, 1.165) is 17.0 Å². The summed E-state index contributed by atoms with van der Waals surface area (Å²) in [4.78, 5) is 3.33. The largest absolute Gasteiger partial charge is 0.342 e. The number of nitrogens with one attached hydrogen (secondary N) is 2. The van der Waals surface area contributed by atoms with Gasteiger partial charge in [0.25, 0.3) is 0 Å². The minimum Gasteiger partial charge on any atom is -0.342 e. The van der Waals surface area contributed by atoms with Crippen molar-refractivity contribution in [2.24, 2.45) is 0 Å². The maximum atomic E-state index is 3.34. The van der Waals surface area contributed by atoms with Gasteiger partial charge in [0.05, 0.1) is 0 Å². The third-order valence-electron chi connectivity index (χ3n) is 2.58. The van der Waals surface area contributed by atoms with E-state index in [1.807, 2.05) is 42.5 Å². The lowest BCUT2D eigenvalue weighted by atomic mass is 10.2. The monoisotopic (exact) mass is 208 g/mol. The Hall–Kier alpha value is -2.22. The van der Waals surface area contributed by atoms with E-state index in [9.17, 15) is 0 Å². The number of H-pyrrole nitrogens is 1. The summed E-state index contributed by atoms with van der Waals surface area (Å²) in [5.41, 5.74) is 2.25. The van der Waals surface area contributed by atoms with Gasteiger partial charge in [-0.05, 0) is 24.3 Å². The second-order valence-corrected chi connectivity index (χ2v) is 3.76. The molecule has 0 spiro atoms. The highest BCUT2D eigenvalue weighted by molar-refractivity contribution is 5.84. The van der Waals surface area contributed by atoms with Crippen molar-refractivity contribution in [2.75, 3.05) is 5.32 Å². The average molecular weight is 208 g/mol. The van der Waals surface area contributed by atoms with Gasteiger partial charge in [-0.1, -0.05) is 36.4 Å². The van der Waals surface area contributed by atoms with Crippen LogP contribution in [0.5, 0.6) is 0 Å². The van der Waals surface area contributed by atoms with E-state index < -0.39 is 0 Å². The van der Waals surface area contributed by atoms with E-state index in [0.29, 0.717) is 0 Å². The fourth-order valence-electron chi connectivity index (χ4n) is 1.82. The van der Waals surface area contributed by atoms with Crippen LogP contribution >= 0.6 is 0 Å². The number of aromatic amines is 1. The van der Waals surface area contributed by atoms with Crippen LogP contribution in [0.25, 0.3) is 10.9 Å². The zero-order chi connectivity index (χ0) is 10.8. The molecule has 0 aliphatic carbocycles. The summed E-state index contributed by atoms with van der Waals surface area (Å²) in [7, 11) is 0. The highest BCUT2D eigenvalue weighted by Crippen LogP contribution is 2.21. The van der Waals surface area contributed by atoms with Gasteiger partial charge in [0.2, 0.25) is 0 Å². The van der Waals surface area contributed by atoms with Gasteiger partial charge in [0.15, 0.2) is 0 Å². The first-order chi connectivity index (χ1) is 7.92. The summed E-state index contributed by atoms with van der Waals surface area (Å²) < 4.78 is 0. The van der Waals surface area contributed by atoms with Gasteiger partial charge in [-0.15, -0.1) is 0 Å². The first-order valence-corrected chi connectivity index (χ1v) is 5.32. The summed E-state index contributed by atoms with van der Waals surface area (Å²) in [6, 6.07) is 20.5. The molecule has 78 valence electrons. The number of fused-ring (bicyclic) bond motifs is 1. The molecule has 0 bridgehead atoms. The van der Waals surface area contributed by atoms with Gasteiger partial charge < -0.3 is 10.3 Å². The molecule has 1 aromatic heterocycles. The van der Waals surface area contributed by atoms with Gasteiger partial charge in [-0.3, -0.25) is 0 Å². The fourth-order valence-corrected chi connectivity index (χ4v) is 1.82. The Kier molecular flexibility index (Phi) is 2.11. The zero-order valence-electron chi connectivity index (χ0n) is 8.77. The number of anilines is 2. The van der Waals surface area contributed by atoms with Crippen LogP contribution in [0.3, 0.4) is 0 Å². The Morgan fingerprint density at radius 2 is 1.56 bits per heavy atom. The van der Waals surface area contributed by atoms with Crippen molar-refractivity contribution in [1.82, 2.24) is 4.98 Å². The Morgan fingerprint density at radius 3 is 2.38 bits per heavy atom. The van der Waals surface area contributed by atoms with Gasteiger partial charge >= 0.3 is 0 Å². The van der Waals surface area contributed by atoms with Crippen LogP contribution in [0.1, 0.15) is 0 Å². The van der Waals surface area contributed by atoms with E-state index in [-0.39, 0.29) is 0 Å². The smallest absolute Gasteiger partial charge is 0.108 e. The molecule has 0 saturated carbocycles. The van der Waals surface area contributed by atoms with Gasteiger partial charge in [0.1, 0.15) is 5.82 Å². The topological polar surface area (TPSA) is 27.8 Å². The van der Waals surface area contributed by atoms with E-state index in [2.05, 4.69) is 28.5 Å². The maximum absolute atomic E-state index is 3.34. The number of hydrogen-bond donors (Lipinski definition) is 2. The Morgan fingerprint density at radius 1 is 0.812 bits per heavy atom. The van der Waals surface area contributed by atoms with Crippen LogP contribution in [0, 0.1) is 0 Å². The highest BCUT2D eigenvalue weighted by Gasteiger charge is 1.99. The third-order valence-corrected chi connectivity index (χ3v) is 2.58. The summed E-state index contributed by atoms with van der Waals surface area (Å²) >= 11 is 0. The van der Waals surface area contributed by atoms with Crippen molar-refractivity contribution in [2.45, 2.75) is 0 Å². The molecule has 0 fully saturated rings. The van der Waals surface area contributed by atoms with Crippen molar-refractivity contribution in [3.63, 3.8) is 0 Å². The molecule has 2 N–H and O–H groups in total. The molecule has 1 heterocycles. The molecule has 2 nitrogen and oxygen atoms in total. The van der Waals surface area contributed by atoms with Crippen LogP contribution < -0.4 is 5.32 Å². The predicted molar refractivity (Wildman–Crippen MR) is 68.0 cm³/mol. The molecule has 0 radical (unpaired) electrons. The Labute approximate surface area is 93.9 Å². The molecule has 3 rings (SSSR count). The van der Waals surface area contributed by atoms with Gasteiger partial charge in [-0.25, -0.2) is 0 Å². The lowest BCUT2D eigenvalue weighted by molar-refractivity contribution is 1.42. The van der Waals surface area contributed by atoms with Gasteiger partial charge in [-0.2, -0.15) is 0 Å². The first-order valence-electron chi connectivity index (χ1n) is 5.32. The van der Waals surface area contributed by atoms with Crippen molar-refractivity contribution >= 4 is 22.4 Å². The number of benzene rings is 2. The van der Waals surface area contributed by atoms with Crippen molar-refractivity contribution in [3.05, 3.63) is 60.7 Å². The molecule has 16 heavy (non-hydrogen) atoms. The average Bonchev–Trinajstić information content (AvgIpc) is 2.72. The third kappa shape index (κ3) is 1.65. The molecular weight excluding hydrogens is 196 g/mol. The minimum atomic E-state index is 1.02. The summed E-state index contributed by atoms with van der Waals surface area (Å²) in [6.45, 7) is 0. The quantitative estimate of drug-likeness (QED) is 0.656. The van der Waals surface area contributed by atoms with Crippen molar-refractivity contribution in [1.29, 1.82) is 0 Å². The molecule has 0 atom stereocenters. The number of aromatic nitrogens is 1. The Balaban J connectivity index is 1.95. The Bertz CT molecular complexity index is 563. The van der Waals surface area contributed by atoms with Crippen LogP contribution in [-0.2, 0) is 0 Å². The second kappa shape index (κ2) is 3.74. The molecule has 0 aliphatic rings. The standard InChI is InChI=1S/C14H12N2/c1-2-7-12(8-3-1)15-14-10-11-6-4-5-9-13(11)16-14/h1-10,15-16H. The predicted octanol–water partition coefficient (Wildman–Crippen LogP) is 3.91. The number of para-hydroxylation sites is 2. The first kappa shape index (κ1) is 9.04. The van der Waals surface area contributed by atoms with E-state index in [1.54, 1.807) is 0 Å². The molecule has 2 aromatic carbocycles. The normalized spacial score (nSPS) is 10.5. The van der Waals surface area contributed by atoms with Crippen molar-refractivity contribution in [3.8, 4) is 0 Å². The van der Waals surface area contributed by atoms with Crippen molar-refractivity contribution < 1.29 is 0 Å². The van der Waals surface area contributed by atoms with E-state index in [4.69, 9.17) is 0 Å². The van der Waals surface area contributed by atoms with Crippen LogP contribution in [0.2, 0.25) is 0 Å². The lowest BCUT2D eigenvalue weighted by Gasteiger charge is -2.01. The lowest BCUT2D eigenvalue weighted by Crippen LogP contribution is -1.88. The fraction of sp³-hybridized carbons (Fsp3) is 0. The molecular formula is C14H12N2. The minimum absolute atomic E-state index is 1.02. The SMILES string of the molecule is c1ccc(Nc2cc3ccccc3[nH]2)cc1. The molecule has 2 heteroatoms. The molecule has 0 amide bonds. The molecule has 0 saturated heterocycles.